The van der Waals surface area contributed by atoms with Gasteiger partial charge in [-0.2, -0.15) is 5.26 Å². The zero-order valence-corrected chi connectivity index (χ0v) is 14.0. The molecule has 0 saturated heterocycles. The van der Waals surface area contributed by atoms with E-state index in [1.54, 1.807) is 12.1 Å². The van der Waals surface area contributed by atoms with E-state index in [2.05, 4.69) is 27.3 Å². The number of benzene rings is 1. The van der Waals surface area contributed by atoms with Gasteiger partial charge in [0.2, 0.25) is 0 Å². The van der Waals surface area contributed by atoms with E-state index >= 15 is 0 Å². The van der Waals surface area contributed by atoms with Crippen molar-refractivity contribution in [1.82, 2.24) is 0 Å². The maximum Gasteiger partial charge on any atom is 0.262 e. The summed E-state index contributed by atoms with van der Waals surface area (Å²) >= 11 is 4.73. The Morgan fingerprint density at radius 2 is 2.05 bits per heavy atom. The highest BCUT2D eigenvalue weighted by atomic mass is 79.9. The molecule has 0 aliphatic heterocycles. The van der Waals surface area contributed by atoms with Crippen molar-refractivity contribution in [2.75, 3.05) is 11.9 Å². The van der Waals surface area contributed by atoms with Gasteiger partial charge in [0.25, 0.3) is 5.91 Å². The summed E-state index contributed by atoms with van der Waals surface area (Å²) in [5.41, 5.74) is 1.43. The second kappa shape index (κ2) is 6.74. The Bertz CT molecular complexity index is 702. The van der Waals surface area contributed by atoms with Crippen LogP contribution in [-0.2, 0) is 4.79 Å². The molecular weight excluding hydrogens is 352 g/mol. The first-order valence-electron chi connectivity index (χ1n) is 6.19. The number of halogens is 1. The molecule has 0 unspecified atom stereocenters. The molecule has 0 bridgehead atoms. The fourth-order valence-electron chi connectivity index (χ4n) is 1.69. The van der Waals surface area contributed by atoms with E-state index in [0.717, 1.165) is 14.9 Å². The average molecular weight is 365 g/mol. The third-order valence-electron chi connectivity index (χ3n) is 2.93. The molecule has 0 saturated carbocycles. The molecule has 2 aromatic rings. The Morgan fingerprint density at radius 1 is 1.38 bits per heavy atom. The lowest BCUT2D eigenvalue weighted by Crippen LogP contribution is -2.20. The van der Waals surface area contributed by atoms with Crippen LogP contribution in [0.3, 0.4) is 0 Å². The number of nitriles is 1. The molecule has 2 rings (SSSR count). The van der Waals surface area contributed by atoms with Gasteiger partial charge in [-0.3, -0.25) is 4.79 Å². The largest absolute Gasteiger partial charge is 0.484 e. The van der Waals surface area contributed by atoms with Crippen LogP contribution in [0.2, 0.25) is 0 Å². The van der Waals surface area contributed by atoms with Crippen LogP contribution in [0, 0.1) is 25.2 Å². The molecule has 4 nitrogen and oxygen atoms in total. The molecule has 0 spiro atoms. The minimum absolute atomic E-state index is 0.0947. The molecule has 1 aromatic carbocycles. The highest BCUT2D eigenvalue weighted by Crippen LogP contribution is 2.31. The number of rotatable bonds is 4. The van der Waals surface area contributed by atoms with E-state index in [1.165, 1.54) is 11.3 Å². The first-order valence-corrected chi connectivity index (χ1v) is 7.80. The minimum atomic E-state index is -0.282. The van der Waals surface area contributed by atoms with E-state index < -0.39 is 0 Å². The Balaban J connectivity index is 1.98. The SMILES string of the molecule is Cc1sc(NC(=O)COc2ccc(Br)cc2)c(C#N)c1C. The minimum Gasteiger partial charge on any atom is -0.484 e. The molecular formula is C15H13BrN2O2S. The van der Waals surface area contributed by atoms with Crippen molar-refractivity contribution in [3.63, 3.8) is 0 Å². The van der Waals surface area contributed by atoms with E-state index in [0.29, 0.717) is 16.3 Å². The van der Waals surface area contributed by atoms with Crippen molar-refractivity contribution >= 4 is 38.2 Å². The molecule has 0 aliphatic rings. The van der Waals surface area contributed by atoms with Crippen molar-refractivity contribution in [3.05, 3.63) is 44.7 Å². The van der Waals surface area contributed by atoms with Crippen molar-refractivity contribution in [2.24, 2.45) is 0 Å². The maximum atomic E-state index is 11.9. The van der Waals surface area contributed by atoms with Crippen molar-refractivity contribution in [3.8, 4) is 11.8 Å². The third-order valence-corrected chi connectivity index (χ3v) is 4.58. The summed E-state index contributed by atoms with van der Waals surface area (Å²) < 4.78 is 6.34. The fraction of sp³-hybridized carbons (Fsp3) is 0.200. The number of hydrogen-bond donors (Lipinski definition) is 1. The second-order valence-corrected chi connectivity index (χ2v) is 6.53. The zero-order valence-electron chi connectivity index (χ0n) is 11.6. The molecule has 0 fully saturated rings. The molecule has 1 heterocycles. The van der Waals surface area contributed by atoms with Crippen LogP contribution in [-0.4, -0.2) is 12.5 Å². The normalized spacial score (nSPS) is 10.0. The smallest absolute Gasteiger partial charge is 0.262 e. The number of anilines is 1. The summed E-state index contributed by atoms with van der Waals surface area (Å²) in [5, 5.41) is 12.4. The van der Waals surface area contributed by atoms with Gasteiger partial charge >= 0.3 is 0 Å². The van der Waals surface area contributed by atoms with Crippen molar-refractivity contribution < 1.29 is 9.53 Å². The predicted molar refractivity (Wildman–Crippen MR) is 86.8 cm³/mol. The highest BCUT2D eigenvalue weighted by Gasteiger charge is 2.14. The molecule has 108 valence electrons. The number of carbonyl (C=O) groups is 1. The van der Waals surface area contributed by atoms with Crippen LogP contribution in [0.15, 0.2) is 28.7 Å². The summed E-state index contributed by atoms with van der Waals surface area (Å²) in [6, 6.07) is 9.35. The third kappa shape index (κ3) is 3.84. The summed E-state index contributed by atoms with van der Waals surface area (Å²) in [6.45, 7) is 3.70. The summed E-state index contributed by atoms with van der Waals surface area (Å²) in [5.74, 6) is 0.336. The Labute approximate surface area is 135 Å². The standard InChI is InChI=1S/C15H13BrN2O2S/c1-9-10(2)21-15(13(9)7-17)18-14(19)8-20-12-5-3-11(16)4-6-12/h3-6H,8H2,1-2H3,(H,18,19). The summed E-state index contributed by atoms with van der Waals surface area (Å²) in [6.07, 6.45) is 0. The molecule has 0 aliphatic carbocycles. The number of carbonyl (C=O) groups excluding carboxylic acids is 1. The molecule has 0 atom stereocenters. The van der Waals surface area contributed by atoms with E-state index in [9.17, 15) is 4.79 Å². The molecule has 21 heavy (non-hydrogen) atoms. The molecule has 1 amide bonds. The Morgan fingerprint density at radius 3 is 2.67 bits per heavy atom. The number of hydrogen-bond acceptors (Lipinski definition) is 4. The van der Waals surface area contributed by atoms with Gasteiger partial charge in [0, 0.05) is 9.35 Å². The predicted octanol–water partition coefficient (Wildman–Crippen LogP) is 4.02. The van der Waals surface area contributed by atoms with Gasteiger partial charge in [0.15, 0.2) is 6.61 Å². The molecule has 1 N–H and O–H groups in total. The Kier molecular flexibility index (Phi) is 4.99. The van der Waals surface area contributed by atoms with Crippen molar-refractivity contribution in [2.45, 2.75) is 13.8 Å². The second-order valence-electron chi connectivity index (χ2n) is 4.39. The molecule has 1 aromatic heterocycles. The lowest BCUT2D eigenvalue weighted by Gasteiger charge is -2.06. The van der Waals surface area contributed by atoms with Crippen LogP contribution >= 0.6 is 27.3 Å². The first kappa shape index (κ1) is 15.5. The number of ether oxygens (including phenoxy) is 1. The van der Waals surface area contributed by atoms with Crippen LogP contribution < -0.4 is 10.1 Å². The lowest BCUT2D eigenvalue weighted by atomic mass is 10.2. The van der Waals surface area contributed by atoms with Gasteiger partial charge in [-0.15, -0.1) is 11.3 Å². The van der Waals surface area contributed by atoms with Gasteiger partial charge in [-0.1, -0.05) is 15.9 Å². The number of nitrogens with one attached hydrogen (secondary N) is 1. The lowest BCUT2D eigenvalue weighted by molar-refractivity contribution is -0.118. The molecule has 0 radical (unpaired) electrons. The molecule has 6 heteroatoms. The number of amides is 1. The number of thiophene rings is 1. The number of aryl methyl sites for hydroxylation is 1. The van der Waals surface area contributed by atoms with E-state index in [-0.39, 0.29) is 12.5 Å². The van der Waals surface area contributed by atoms with Crippen LogP contribution in [0.5, 0.6) is 5.75 Å². The van der Waals surface area contributed by atoms with Gasteiger partial charge in [-0.25, -0.2) is 0 Å². The number of nitrogens with zero attached hydrogens (tertiary/aromatic N) is 1. The summed E-state index contributed by atoms with van der Waals surface area (Å²) in [4.78, 5) is 12.9. The topological polar surface area (TPSA) is 62.1 Å². The van der Waals surface area contributed by atoms with Crippen LogP contribution in [0.25, 0.3) is 0 Å². The van der Waals surface area contributed by atoms with Crippen LogP contribution in [0.4, 0.5) is 5.00 Å². The average Bonchev–Trinajstić information content (AvgIpc) is 2.72. The van der Waals surface area contributed by atoms with Crippen molar-refractivity contribution in [1.29, 1.82) is 5.26 Å². The summed E-state index contributed by atoms with van der Waals surface area (Å²) in [7, 11) is 0. The van der Waals surface area contributed by atoms with Gasteiger partial charge in [0.1, 0.15) is 16.8 Å². The first-order chi connectivity index (χ1) is 10.0. The highest BCUT2D eigenvalue weighted by molar-refractivity contribution is 9.10. The van der Waals surface area contributed by atoms with Gasteiger partial charge < -0.3 is 10.1 Å². The Hall–Kier alpha value is -1.84. The van der Waals surface area contributed by atoms with E-state index in [4.69, 9.17) is 10.00 Å². The van der Waals surface area contributed by atoms with Gasteiger partial charge in [0.05, 0.1) is 5.56 Å². The van der Waals surface area contributed by atoms with Crippen LogP contribution in [0.1, 0.15) is 16.0 Å². The monoisotopic (exact) mass is 364 g/mol. The quantitative estimate of drug-likeness (QED) is 0.890. The fourth-order valence-corrected chi connectivity index (χ4v) is 2.98. The zero-order chi connectivity index (χ0) is 15.4. The van der Waals surface area contributed by atoms with E-state index in [1.807, 2.05) is 26.0 Å². The maximum absolute atomic E-state index is 11.9. The van der Waals surface area contributed by atoms with Gasteiger partial charge in [-0.05, 0) is 43.7 Å².